The third kappa shape index (κ3) is 8.82. The zero-order valence-electron chi connectivity index (χ0n) is 8.60. The van der Waals surface area contributed by atoms with Gasteiger partial charge in [-0.05, 0) is 0 Å². The van der Waals surface area contributed by atoms with Crippen LogP contribution in [0.15, 0.2) is 5.16 Å². The zero-order chi connectivity index (χ0) is 12.4. The first kappa shape index (κ1) is 15.9. The van der Waals surface area contributed by atoms with Gasteiger partial charge in [0, 0.05) is 14.0 Å². The lowest BCUT2D eigenvalue weighted by molar-refractivity contribution is -0.125. The molecule has 0 atom stereocenters. The maximum atomic E-state index is 10.4. The average Bonchev–Trinajstić information content (AvgIpc) is 2.26. The van der Waals surface area contributed by atoms with Crippen molar-refractivity contribution >= 4 is 29.5 Å². The van der Waals surface area contributed by atoms with Crippen LogP contribution in [0.5, 0.6) is 0 Å². The van der Waals surface area contributed by atoms with Crippen molar-refractivity contribution in [2.75, 3.05) is 20.0 Å². The molecule has 0 unspecified atom stereocenters. The predicted molar refractivity (Wildman–Crippen MR) is 53.4 cm³/mol. The van der Waals surface area contributed by atoms with Crippen LogP contribution in [0.25, 0.3) is 0 Å². The zero-order valence-corrected chi connectivity index (χ0v) is 9.35. The fourth-order valence-electron chi connectivity index (χ4n) is 0.237. The standard InChI is InChI=1S/C4H6ClNO3.C3H7NO2/c1-6(4(8)9)3(7)2-5;1-3(4-5)6-2/h2H2,1H3,(H,8,9);5H,1-2H3. The summed E-state index contributed by atoms with van der Waals surface area (Å²) in [5.41, 5.74) is 0. The second kappa shape index (κ2) is 9.07. The number of rotatable bonds is 1. The summed E-state index contributed by atoms with van der Waals surface area (Å²) in [5, 5.41) is 18.6. The highest BCUT2D eigenvalue weighted by Gasteiger charge is 2.12. The molecule has 0 radical (unpaired) electrons. The van der Waals surface area contributed by atoms with Gasteiger partial charge < -0.3 is 15.1 Å². The third-order valence-electron chi connectivity index (χ3n) is 1.21. The smallest absolute Gasteiger partial charge is 0.413 e. The molecule has 0 aliphatic rings. The van der Waals surface area contributed by atoms with Gasteiger partial charge in [-0.3, -0.25) is 4.79 Å². The number of oxime groups is 1. The van der Waals surface area contributed by atoms with Crippen molar-refractivity contribution in [2.24, 2.45) is 5.16 Å². The number of carbonyl (C=O) groups excluding carboxylic acids is 1. The minimum absolute atomic E-state index is 0.273. The van der Waals surface area contributed by atoms with Crippen molar-refractivity contribution in [3.05, 3.63) is 0 Å². The van der Waals surface area contributed by atoms with Crippen LogP contribution in [0.1, 0.15) is 6.92 Å². The second-order valence-corrected chi connectivity index (χ2v) is 2.46. The number of ether oxygens (including phenoxy) is 1. The Morgan fingerprint density at radius 2 is 2.00 bits per heavy atom. The number of hydrogen-bond donors (Lipinski definition) is 2. The first-order chi connectivity index (χ1) is 6.90. The number of carbonyl (C=O) groups is 2. The predicted octanol–water partition coefficient (Wildman–Crippen LogP) is 0.802. The van der Waals surface area contributed by atoms with Crippen molar-refractivity contribution < 1.29 is 24.6 Å². The van der Waals surface area contributed by atoms with E-state index in [0.717, 1.165) is 7.05 Å². The molecule has 0 aliphatic heterocycles. The summed E-state index contributed by atoms with van der Waals surface area (Å²) in [7, 11) is 2.59. The van der Waals surface area contributed by atoms with E-state index in [2.05, 4.69) is 9.89 Å². The van der Waals surface area contributed by atoms with E-state index >= 15 is 0 Å². The molecule has 0 aliphatic carbocycles. The number of nitrogens with zero attached hydrogens (tertiary/aromatic N) is 2. The molecule has 0 saturated heterocycles. The summed E-state index contributed by atoms with van der Waals surface area (Å²) < 4.78 is 4.40. The summed E-state index contributed by atoms with van der Waals surface area (Å²) in [6.07, 6.45) is -1.29. The molecule has 8 heteroatoms. The minimum atomic E-state index is -1.29. The van der Waals surface area contributed by atoms with Crippen LogP contribution in [-0.2, 0) is 9.53 Å². The number of alkyl halides is 1. The highest BCUT2D eigenvalue weighted by Crippen LogP contribution is 1.87. The van der Waals surface area contributed by atoms with Gasteiger partial charge in [-0.15, -0.1) is 11.6 Å². The number of methoxy groups -OCH3 is 1. The van der Waals surface area contributed by atoms with Gasteiger partial charge in [0.1, 0.15) is 5.88 Å². The maximum absolute atomic E-state index is 10.4. The molecule has 0 rings (SSSR count). The fourth-order valence-corrected chi connectivity index (χ4v) is 0.416. The number of halogens is 1. The molecular formula is C7H13ClN2O5. The van der Waals surface area contributed by atoms with Gasteiger partial charge in [0.05, 0.1) is 7.11 Å². The first-order valence-electron chi connectivity index (χ1n) is 3.68. The second-order valence-electron chi connectivity index (χ2n) is 2.19. The lowest BCUT2D eigenvalue weighted by Crippen LogP contribution is -2.32. The lowest BCUT2D eigenvalue weighted by atomic mass is 10.6. The molecule has 0 bridgehead atoms. The van der Waals surface area contributed by atoms with E-state index in [-0.39, 0.29) is 11.8 Å². The van der Waals surface area contributed by atoms with Crippen molar-refractivity contribution in [3.63, 3.8) is 0 Å². The number of imide groups is 1. The molecule has 0 aromatic rings. The Morgan fingerprint density at radius 1 is 1.53 bits per heavy atom. The Balaban J connectivity index is 0. The molecule has 88 valence electrons. The van der Waals surface area contributed by atoms with Gasteiger partial charge >= 0.3 is 6.09 Å². The molecule has 0 aromatic carbocycles. The topological polar surface area (TPSA) is 99.4 Å². The van der Waals surface area contributed by atoms with Crippen molar-refractivity contribution in [1.29, 1.82) is 0 Å². The molecule has 2 amide bonds. The lowest BCUT2D eigenvalue weighted by Gasteiger charge is -2.06. The summed E-state index contributed by atoms with van der Waals surface area (Å²) >= 11 is 5.04. The van der Waals surface area contributed by atoms with E-state index in [4.69, 9.17) is 21.9 Å². The van der Waals surface area contributed by atoms with Crippen molar-refractivity contribution in [1.82, 2.24) is 4.90 Å². The summed E-state index contributed by atoms with van der Waals surface area (Å²) in [6, 6.07) is 0. The van der Waals surface area contributed by atoms with Crippen LogP contribution in [0.3, 0.4) is 0 Å². The Bertz CT molecular complexity index is 244. The van der Waals surface area contributed by atoms with Crippen LogP contribution in [-0.4, -0.2) is 53.1 Å². The monoisotopic (exact) mass is 240 g/mol. The Kier molecular flexibility index (Phi) is 9.65. The average molecular weight is 241 g/mol. The van der Waals surface area contributed by atoms with Crippen LogP contribution in [0.4, 0.5) is 4.79 Å². The van der Waals surface area contributed by atoms with Gasteiger partial charge in [-0.1, -0.05) is 5.16 Å². The van der Waals surface area contributed by atoms with E-state index in [9.17, 15) is 9.59 Å². The van der Waals surface area contributed by atoms with Gasteiger partial charge in [0.25, 0.3) is 0 Å². The highest BCUT2D eigenvalue weighted by molar-refractivity contribution is 6.28. The highest BCUT2D eigenvalue weighted by atomic mass is 35.5. The molecule has 2 N–H and O–H groups in total. The minimum Gasteiger partial charge on any atom is -0.482 e. The van der Waals surface area contributed by atoms with E-state index in [1.807, 2.05) is 0 Å². The quantitative estimate of drug-likeness (QED) is 0.232. The Hall–Kier alpha value is -1.50. The van der Waals surface area contributed by atoms with E-state index in [1.54, 1.807) is 6.92 Å². The van der Waals surface area contributed by atoms with Crippen LogP contribution in [0.2, 0.25) is 0 Å². The van der Waals surface area contributed by atoms with Crippen LogP contribution < -0.4 is 0 Å². The molecular weight excluding hydrogens is 228 g/mol. The molecule has 15 heavy (non-hydrogen) atoms. The summed E-state index contributed by atoms with van der Waals surface area (Å²) in [6.45, 7) is 1.56. The van der Waals surface area contributed by atoms with Crippen molar-refractivity contribution in [3.8, 4) is 0 Å². The number of amides is 2. The van der Waals surface area contributed by atoms with E-state index < -0.39 is 12.0 Å². The molecule has 0 fully saturated rings. The Labute approximate surface area is 91.9 Å². The SMILES string of the molecule is CN(C(=O)O)C(=O)CCl.COC(C)=NO. The molecule has 0 heterocycles. The van der Waals surface area contributed by atoms with Crippen molar-refractivity contribution in [2.45, 2.75) is 6.92 Å². The molecule has 0 aromatic heterocycles. The molecule has 0 spiro atoms. The summed E-state index contributed by atoms with van der Waals surface area (Å²) in [4.78, 5) is 20.8. The van der Waals surface area contributed by atoms with Gasteiger partial charge in [0.2, 0.25) is 11.8 Å². The number of carboxylic acid groups (broad SMARTS) is 1. The van der Waals surface area contributed by atoms with E-state index in [1.165, 1.54) is 7.11 Å². The first-order valence-corrected chi connectivity index (χ1v) is 4.22. The molecule has 7 nitrogen and oxygen atoms in total. The van der Waals surface area contributed by atoms with Gasteiger partial charge in [-0.2, -0.15) is 0 Å². The third-order valence-corrected chi connectivity index (χ3v) is 1.44. The number of hydrogen-bond acceptors (Lipinski definition) is 5. The maximum Gasteiger partial charge on any atom is 0.413 e. The largest absolute Gasteiger partial charge is 0.482 e. The van der Waals surface area contributed by atoms with Gasteiger partial charge in [-0.25, -0.2) is 9.69 Å². The van der Waals surface area contributed by atoms with E-state index in [0.29, 0.717) is 4.90 Å². The van der Waals surface area contributed by atoms with Crippen LogP contribution in [0, 0.1) is 0 Å². The summed E-state index contributed by atoms with van der Waals surface area (Å²) in [5.74, 6) is -0.651. The molecule has 0 saturated carbocycles. The van der Waals surface area contributed by atoms with Gasteiger partial charge in [0.15, 0.2) is 0 Å². The van der Waals surface area contributed by atoms with Crippen LogP contribution >= 0.6 is 11.6 Å². The Morgan fingerprint density at radius 3 is 2.07 bits per heavy atom. The normalized spacial score (nSPS) is 9.73. The fraction of sp³-hybridized carbons (Fsp3) is 0.571.